The number of anilines is 2. The number of rotatable bonds is 9. The van der Waals surface area contributed by atoms with Gasteiger partial charge >= 0.3 is 0 Å². The average molecular weight is 370 g/mol. The Morgan fingerprint density at radius 3 is 1.93 bits per heavy atom. The van der Waals surface area contributed by atoms with Crippen molar-refractivity contribution in [1.29, 1.82) is 0 Å². The van der Waals surface area contributed by atoms with Crippen LogP contribution in [-0.4, -0.2) is 66.2 Å². The zero-order chi connectivity index (χ0) is 19.2. The highest BCUT2D eigenvalue weighted by Gasteiger charge is 2.34. The molecule has 1 aromatic carbocycles. The van der Waals surface area contributed by atoms with E-state index in [4.69, 9.17) is 10.8 Å². The molecule has 1 aliphatic carbocycles. The molecule has 0 unspecified atom stereocenters. The number of benzene rings is 1. The summed E-state index contributed by atoms with van der Waals surface area (Å²) in [5, 5.41) is 25.6. The highest BCUT2D eigenvalue weighted by molar-refractivity contribution is 6.31. The summed E-state index contributed by atoms with van der Waals surface area (Å²) in [6.45, 7) is 2.56. The molecule has 0 aliphatic heterocycles. The molecular weight excluding hydrogens is 348 g/mol. The lowest BCUT2D eigenvalue weighted by Crippen LogP contribution is -2.28. The van der Waals surface area contributed by atoms with Gasteiger partial charge in [-0.2, -0.15) is 10.2 Å². The zero-order valence-corrected chi connectivity index (χ0v) is 14.8. The molecule has 9 nitrogen and oxygen atoms in total. The van der Waals surface area contributed by atoms with Crippen molar-refractivity contribution in [1.82, 2.24) is 15.5 Å². The molecule has 1 aliphatic rings. The smallest absolute Gasteiger partial charge is 0.198 e. The largest absolute Gasteiger partial charge is 0.395 e. The number of nitrogens with two attached hydrogens (primary N) is 1. The van der Waals surface area contributed by atoms with Gasteiger partial charge in [0.2, 0.25) is 0 Å². The number of nitrogens with one attached hydrogen (secondary N) is 3. The molecular formula is C18H22N6O3. The molecule has 27 heavy (non-hydrogen) atoms. The molecule has 2 aromatic rings. The lowest BCUT2D eigenvalue weighted by molar-refractivity contribution is 0.0979. The van der Waals surface area contributed by atoms with E-state index in [0.717, 1.165) is 0 Å². The molecule has 0 radical (unpaired) electrons. The van der Waals surface area contributed by atoms with Crippen molar-refractivity contribution in [2.24, 2.45) is 5.73 Å². The van der Waals surface area contributed by atoms with E-state index in [-0.39, 0.29) is 29.3 Å². The Hall–Kier alpha value is -2.88. The normalized spacial score (nSPS) is 12.5. The molecule has 3 rings (SSSR count). The fourth-order valence-electron chi connectivity index (χ4n) is 3.02. The summed E-state index contributed by atoms with van der Waals surface area (Å²) in [5.74, 6) is -0.534. The molecule has 6 N–H and O–H groups in total. The number of hydrogen-bond donors (Lipinski definition) is 5. The fourth-order valence-corrected chi connectivity index (χ4v) is 3.02. The minimum Gasteiger partial charge on any atom is -0.395 e. The number of nitrogens with zero attached hydrogens (tertiary/aromatic N) is 2. The first-order chi connectivity index (χ1) is 13.2. The van der Waals surface area contributed by atoms with Crippen molar-refractivity contribution in [2.45, 2.75) is 0 Å². The quantitative estimate of drug-likeness (QED) is 0.318. The number of ketones is 2. The third kappa shape index (κ3) is 3.80. The Morgan fingerprint density at radius 1 is 0.852 bits per heavy atom. The maximum absolute atomic E-state index is 13.1. The summed E-state index contributed by atoms with van der Waals surface area (Å²) < 4.78 is 0. The van der Waals surface area contributed by atoms with E-state index < -0.39 is 0 Å². The van der Waals surface area contributed by atoms with Crippen LogP contribution in [-0.2, 0) is 0 Å². The molecule has 0 spiro atoms. The molecule has 1 aromatic heterocycles. The van der Waals surface area contributed by atoms with Crippen molar-refractivity contribution in [3.63, 3.8) is 0 Å². The van der Waals surface area contributed by atoms with Crippen LogP contribution in [0.5, 0.6) is 0 Å². The zero-order valence-electron chi connectivity index (χ0n) is 14.8. The standard InChI is InChI=1S/C18H22N6O3/c19-3-4-21-13-1-2-14(22-6-5-20-7-8-25)16-15(13)17(26)11-9-23-24-10-12(11)18(16)27/h1-2,9-10,20-22,25H,3-8,19H2. The van der Waals surface area contributed by atoms with Crippen LogP contribution in [0.3, 0.4) is 0 Å². The van der Waals surface area contributed by atoms with Crippen LogP contribution in [0.25, 0.3) is 0 Å². The topological polar surface area (TPSA) is 142 Å². The van der Waals surface area contributed by atoms with E-state index in [2.05, 4.69) is 26.1 Å². The molecule has 0 saturated heterocycles. The van der Waals surface area contributed by atoms with Crippen molar-refractivity contribution in [3.05, 3.63) is 46.8 Å². The van der Waals surface area contributed by atoms with E-state index in [9.17, 15) is 9.59 Å². The Kier molecular flexibility index (Phi) is 6.07. The van der Waals surface area contributed by atoms with E-state index >= 15 is 0 Å². The highest BCUT2D eigenvalue weighted by Crippen LogP contribution is 2.35. The summed E-state index contributed by atoms with van der Waals surface area (Å²) >= 11 is 0. The number of aliphatic hydroxyl groups excluding tert-OH is 1. The van der Waals surface area contributed by atoms with Gasteiger partial charge in [0.25, 0.3) is 0 Å². The van der Waals surface area contributed by atoms with Crippen molar-refractivity contribution >= 4 is 22.9 Å². The SMILES string of the molecule is NCCNc1ccc(NCCNCCO)c2c1C(=O)c1cnncc1C2=O. The minimum atomic E-state index is -0.268. The van der Waals surface area contributed by atoms with Crippen LogP contribution >= 0.6 is 0 Å². The fraction of sp³-hybridized carbons (Fsp3) is 0.333. The monoisotopic (exact) mass is 370 g/mol. The Bertz CT molecular complexity index is 855. The first-order valence-electron chi connectivity index (χ1n) is 8.75. The second kappa shape index (κ2) is 8.67. The van der Waals surface area contributed by atoms with Gasteiger partial charge in [0.1, 0.15) is 0 Å². The van der Waals surface area contributed by atoms with Gasteiger partial charge in [-0.3, -0.25) is 9.59 Å². The average Bonchev–Trinajstić information content (AvgIpc) is 2.70. The molecule has 142 valence electrons. The van der Waals surface area contributed by atoms with Gasteiger partial charge in [0, 0.05) is 44.1 Å². The molecule has 0 bridgehead atoms. The maximum Gasteiger partial charge on any atom is 0.198 e. The van der Waals surface area contributed by atoms with Gasteiger partial charge in [0.15, 0.2) is 11.6 Å². The lowest BCUT2D eigenvalue weighted by atomic mass is 9.83. The van der Waals surface area contributed by atoms with Crippen LogP contribution < -0.4 is 21.7 Å². The maximum atomic E-state index is 13.1. The number of aromatic nitrogens is 2. The van der Waals surface area contributed by atoms with E-state index in [0.29, 0.717) is 55.2 Å². The van der Waals surface area contributed by atoms with Crippen LogP contribution in [0.4, 0.5) is 11.4 Å². The second-order valence-electron chi connectivity index (χ2n) is 6.00. The third-order valence-electron chi connectivity index (χ3n) is 4.24. The van der Waals surface area contributed by atoms with Gasteiger partial charge in [-0.05, 0) is 12.1 Å². The summed E-state index contributed by atoms with van der Waals surface area (Å²) in [5.41, 5.74) is 7.85. The predicted octanol–water partition coefficient (Wildman–Crippen LogP) is -0.384. The lowest BCUT2D eigenvalue weighted by Gasteiger charge is -2.23. The van der Waals surface area contributed by atoms with Gasteiger partial charge in [0.05, 0.1) is 41.3 Å². The molecule has 0 fully saturated rings. The molecule has 9 heteroatoms. The van der Waals surface area contributed by atoms with E-state index in [1.165, 1.54) is 12.4 Å². The first-order valence-corrected chi connectivity index (χ1v) is 8.75. The van der Waals surface area contributed by atoms with Gasteiger partial charge in [-0.1, -0.05) is 0 Å². The number of aliphatic hydroxyl groups is 1. The van der Waals surface area contributed by atoms with Gasteiger partial charge in [-0.25, -0.2) is 0 Å². The molecule has 0 atom stereocenters. The van der Waals surface area contributed by atoms with Crippen molar-refractivity contribution in [3.8, 4) is 0 Å². The van der Waals surface area contributed by atoms with Crippen LogP contribution in [0.1, 0.15) is 31.8 Å². The second-order valence-corrected chi connectivity index (χ2v) is 6.00. The Morgan fingerprint density at radius 2 is 1.41 bits per heavy atom. The Balaban J connectivity index is 1.98. The van der Waals surface area contributed by atoms with Gasteiger partial charge < -0.3 is 26.8 Å². The summed E-state index contributed by atoms with van der Waals surface area (Å²) in [6.07, 6.45) is 2.65. The highest BCUT2D eigenvalue weighted by atomic mass is 16.3. The van der Waals surface area contributed by atoms with Gasteiger partial charge in [-0.15, -0.1) is 0 Å². The van der Waals surface area contributed by atoms with Crippen molar-refractivity contribution in [2.75, 3.05) is 50.0 Å². The van der Waals surface area contributed by atoms with E-state index in [1.807, 2.05) is 0 Å². The first kappa shape index (κ1) is 18.9. The number of hydrogen-bond acceptors (Lipinski definition) is 9. The summed E-state index contributed by atoms with van der Waals surface area (Å²) in [4.78, 5) is 26.1. The number of carbonyl (C=O) groups is 2. The summed E-state index contributed by atoms with van der Waals surface area (Å²) in [6, 6.07) is 3.54. The molecule has 0 amide bonds. The summed E-state index contributed by atoms with van der Waals surface area (Å²) in [7, 11) is 0. The Labute approximate surface area is 156 Å². The molecule has 1 heterocycles. The van der Waals surface area contributed by atoms with Crippen molar-refractivity contribution < 1.29 is 14.7 Å². The van der Waals surface area contributed by atoms with Crippen LogP contribution in [0.2, 0.25) is 0 Å². The number of fused-ring (bicyclic) bond motifs is 2. The number of carbonyl (C=O) groups excluding carboxylic acids is 2. The molecule has 0 saturated carbocycles. The minimum absolute atomic E-state index is 0.0573. The predicted molar refractivity (Wildman–Crippen MR) is 101 cm³/mol. The third-order valence-corrected chi connectivity index (χ3v) is 4.24. The van der Waals surface area contributed by atoms with E-state index in [1.54, 1.807) is 12.1 Å². The van der Waals surface area contributed by atoms with Crippen LogP contribution in [0, 0.1) is 0 Å². The van der Waals surface area contributed by atoms with Crippen LogP contribution in [0.15, 0.2) is 24.5 Å².